The van der Waals surface area contributed by atoms with Gasteiger partial charge in [-0.3, -0.25) is 10.1 Å². The number of ether oxygens (including phenoxy) is 1. The third kappa shape index (κ3) is 5.22. The van der Waals surface area contributed by atoms with E-state index in [2.05, 4.69) is 20.2 Å². The van der Waals surface area contributed by atoms with Crippen molar-refractivity contribution in [3.05, 3.63) is 64.3 Å². The highest BCUT2D eigenvalue weighted by Gasteiger charge is 2.25. The summed E-state index contributed by atoms with van der Waals surface area (Å²) in [7, 11) is -3.25. The number of halogens is 3. The Bertz CT molecular complexity index is 1550. The maximum Gasteiger partial charge on any atom is 0.211 e. The van der Waals surface area contributed by atoms with Crippen LogP contribution < -0.4 is 9.64 Å². The normalized spacial score (nSPS) is 15.8. The molecule has 1 unspecified atom stereocenters. The maximum atomic E-state index is 15.3. The van der Waals surface area contributed by atoms with Crippen molar-refractivity contribution in [3.8, 4) is 17.0 Å². The lowest BCUT2D eigenvalue weighted by Gasteiger charge is -2.34. The van der Waals surface area contributed by atoms with Crippen molar-refractivity contribution in [2.75, 3.05) is 37.3 Å². The van der Waals surface area contributed by atoms with E-state index >= 15 is 4.39 Å². The smallest absolute Gasteiger partial charge is 0.211 e. The highest BCUT2D eigenvalue weighted by Crippen LogP contribution is 2.35. The van der Waals surface area contributed by atoms with Gasteiger partial charge in [0.1, 0.15) is 29.2 Å². The van der Waals surface area contributed by atoms with Crippen molar-refractivity contribution in [1.29, 1.82) is 0 Å². The quantitative estimate of drug-likeness (QED) is 0.362. The molecule has 37 heavy (non-hydrogen) atoms. The number of pyridine rings is 2. The van der Waals surface area contributed by atoms with E-state index in [-0.39, 0.29) is 5.56 Å². The van der Waals surface area contributed by atoms with Crippen LogP contribution in [0.3, 0.4) is 0 Å². The monoisotopic (exact) mass is 564 g/mol. The zero-order valence-corrected chi connectivity index (χ0v) is 22.3. The number of nitrogens with one attached hydrogen (secondary N) is 1. The zero-order chi connectivity index (χ0) is 26.3. The molecule has 1 N–H and O–H groups in total. The average molecular weight is 565 g/mol. The van der Waals surface area contributed by atoms with Gasteiger partial charge >= 0.3 is 0 Å². The van der Waals surface area contributed by atoms with Gasteiger partial charge in [0.2, 0.25) is 10.0 Å². The lowest BCUT2D eigenvalue weighted by Crippen LogP contribution is -2.48. The Labute approximate surface area is 223 Å². The maximum absolute atomic E-state index is 15.3. The third-order valence-corrected chi connectivity index (χ3v) is 8.18. The fourth-order valence-corrected chi connectivity index (χ4v) is 5.86. The summed E-state index contributed by atoms with van der Waals surface area (Å²) in [4.78, 5) is 10.3. The molecule has 1 aliphatic heterocycles. The van der Waals surface area contributed by atoms with Crippen LogP contribution in [0.25, 0.3) is 22.2 Å². The van der Waals surface area contributed by atoms with E-state index in [9.17, 15) is 8.42 Å². The van der Waals surface area contributed by atoms with E-state index in [0.717, 1.165) is 0 Å². The van der Waals surface area contributed by atoms with Gasteiger partial charge in [-0.15, -0.1) is 0 Å². The van der Waals surface area contributed by atoms with Crippen LogP contribution in [0.1, 0.15) is 18.6 Å². The summed E-state index contributed by atoms with van der Waals surface area (Å²) in [5.74, 6) is 0.484. The molecular weight excluding hydrogens is 542 g/mol. The number of aromatic amines is 1. The molecular formula is C24H23Cl2FN6O3S. The molecule has 4 heterocycles. The molecule has 4 aromatic rings. The molecule has 0 saturated carbocycles. The van der Waals surface area contributed by atoms with Crippen molar-refractivity contribution in [2.45, 2.75) is 13.0 Å². The Morgan fingerprint density at radius 1 is 1.08 bits per heavy atom. The van der Waals surface area contributed by atoms with Crippen LogP contribution in [-0.4, -0.2) is 65.3 Å². The number of aromatic nitrogens is 4. The van der Waals surface area contributed by atoms with Crippen molar-refractivity contribution in [1.82, 2.24) is 24.5 Å². The first-order valence-electron chi connectivity index (χ1n) is 11.4. The number of anilines is 1. The molecule has 194 valence electrons. The van der Waals surface area contributed by atoms with Gasteiger partial charge in [-0.2, -0.15) is 9.40 Å². The van der Waals surface area contributed by atoms with Gasteiger partial charge in [0, 0.05) is 61.8 Å². The van der Waals surface area contributed by atoms with E-state index in [1.165, 1.54) is 35.2 Å². The molecule has 1 saturated heterocycles. The minimum atomic E-state index is -3.25. The molecule has 0 aliphatic carbocycles. The summed E-state index contributed by atoms with van der Waals surface area (Å²) in [6, 6.07) is 6.69. The topological polar surface area (TPSA) is 104 Å². The molecule has 5 rings (SSSR count). The molecule has 13 heteroatoms. The largest absolute Gasteiger partial charge is 0.486 e. The van der Waals surface area contributed by atoms with Crippen molar-refractivity contribution in [3.63, 3.8) is 0 Å². The SMILES string of the molecule is CC(Oc1ccc2[nH]nc(-c3cnc(N4CCN(S(C)(=O)=O)CC4)cc3F)c2c1)c1c(Cl)cncc1Cl. The number of hydrogen-bond donors (Lipinski definition) is 1. The Balaban J connectivity index is 1.39. The number of rotatable bonds is 6. The van der Waals surface area contributed by atoms with Gasteiger partial charge in [-0.25, -0.2) is 17.8 Å². The Hall–Kier alpha value is -2.99. The van der Waals surface area contributed by atoms with E-state index in [1.54, 1.807) is 18.2 Å². The van der Waals surface area contributed by atoms with Crippen LogP contribution in [0.5, 0.6) is 5.75 Å². The first kappa shape index (κ1) is 25.7. The molecule has 1 aliphatic rings. The van der Waals surface area contributed by atoms with Crippen LogP contribution in [0.4, 0.5) is 10.2 Å². The highest BCUT2D eigenvalue weighted by molar-refractivity contribution is 7.88. The van der Waals surface area contributed by atoms with E-state index in [1.807, 2.05) is 11.8 Å². The van der Waals surface area contributed by atoms with Crippen LogP contribution in [0, 0.1) is 5.82 Å². The molecule has 1 aromatic carbocycles. The van der Waals surface area contributed by atoms with Crippen molar-refractivity contribution >= 4 is 49.9 Å². The Kier molecular flexibility index (Phi) is 6.97. The van der Waals surface area contributed by atoms with E-state index in [4.69, 9.17) is 27.9 Å². The number of nitrogens with zero attached hydrogens (tertiary/aromatic N) is 5. The fourth-order valence-electron chi connectivity index (χ4n) is 4.36. The summed E-state index contributed by atoms with van der Waals surface area (Å²) < 4.78 is 46.3. The lowest BCUT2D eigenvalue weighted by molar-refractivity contribution is 0.227. The third-order valence-electron chi connectivity index (χ3n) is 6.27. The molecule has 0 spiro atoms. The summed E-state index contributed by atoms with van der Waals surface area (Å²) >= 11 is 12.5. The van der Waals surface area contributed by atoms with E-state index in [0.29, 0.717) is 70.0 Å². The molecule has 0 radical (unpaired) electrons. The van der Waals surface area contributed by atoms with Gasteiger partial charge in [0.05, 0.1) is 27.4 Å². The standard InChI is InChI=1S/C24H23Cl2FN6O3S/c1-14(23-18(25)12-28-13-19(23)26)36-15-3-4-21-16(9-15)24(31-30-21)17-11-29-22(10-20(17)27)32-5-7-33(8-6-32)37(2,34)35/h3-4,9-14H,5-8H2,1-2H3,(H,30,31). The fraction of sp³-hybridized carbons (Fsp3) is 0.292. The molecule has 3 aromatic heterocycles. The summed E-state index contributed by atoms with van der Waals surface area (Å²) in [6.07, 6.45) is 5.17. The molecule has 0 bridgehead atoms. The first-order valence-corrected chi connectivity index (χ1v) is 14.0. The first-order chi connectivity index (χ1) is 17.6. The average Bonchev–Trinajstić information content (AvgIpc) is 3.26. The van der Waals surface area contributed by atoms with Crippen LogP contribution in [-0.2, 0) is 10.0 Å². The summed E-state index contributed by atoms with van der Waals surface area (Å²) in [6.45, 7) is 3.32. The number of benzene rings is 1. The molecule has 1 atom stereocenters. The summed E-state index contributed by atoms with van der Waals surface area (Å²) in [5.41, 5.74) is 1.95. The number of piperazine rings is 1. The van der Waals surface area contributed by atoms with Gasteiger partial charge in [0.15, 0.2) is 0 Å². The van der Waals surface area contributed by atoms with E-state index < -0.39 is 21.9 Å². The Morgan fingerprint density at radius 3 is 2.43 bits per heavy atom. The summed E-state index contributed by atoms with van der Waals surface area (Å²) in [5, 5.41) is 8.69. The predicted octanol–water partition coefficient (Wildman–Crippen LogP) is 4.69. The van der Waals surface area contributed by atoms with Crippen LogP contribution in [0.2, 0.25) is 10.0 Å². The number of fused-ring (bicyclic) bond motifs is 1. The number of H-pyrrole nitrogens is 1. The van der Waals surface area contributed by atoms with Crippen molar-refractivity contribution < 1.29 is 17.5 Å². The van der Waals surface area contributed by atoms with Gasteiger partial charge in [-0.05, 0) is 25.1 Å². The minimum Gasteiger partial charge on any atom is -0.486 e. The van der Waals surface area contributed by atoms with Crippen molar-refractivity contribution in [2.24, 2.45) is 0 Å². The Morgan fingerprint density at radius 2 is 1.78 bits per heavy atom. The predicted molar refractivity (Wildman–Crippen MR) is 141 cm³/mol. The van der Waals surface area contributed by atoms with Gasteiger partial charge < -0.3 is 9.64 Å². The van der Waals surface area contributed by atoms with Gasteiger partial charge in [0.25, 0.3) is 0 Å². The number of hydrogen-bond acceptors (Lipinski definition) is 7. The second-order valence-electron chi connectivity index (χ2n) is 8.73. The second kappa shape index (κ2) is 10.1. The lowest BCUT2D eigenvalue weighted by atomic mass is 10.1. The molecule has 9 nitrogen and oxygen atoms in total. The van der Waals surface area contributed by atoms with Gasteiger partial charge in [-0.1, -0.05) is 23.2 Å². The minimum absolute atomic E-state index is 0.232. The number of sulfonamides is 1. The molecule has 1 fully saturated rings. The highest BCUT2D eigenvalue weighted by atomic mass is 35.5. The van der Waals surface area contributed by atoms with Crippen LogP contribution in [0.15, 0.2) is 42.9 Å². The van der Waals surface area contributed by atoms with Crippen LogP contribution >= 0.6 is 23.2 Å². The zero-order valence-electron chi connectivity index (χ0n) is 20.0. The molecule has 0 amide bonds. The second-order valence-corrected chi connectivity index (χ2v) is 11.5.